The molecule has 0 saturated heterocycles. The summed E-state index contributed by atoms with van der Waals surface area (Å²) in [5.74, 6) is 0.173. The second-order valence-corrected chi connectivity index (χ2v) is 4.82. The number of rotatable bonds is 8. The minimum atomic E-state index is -0.235. The van der Waals surface area contributed by atoms with Crippen molar-refractivity contribution in [3.8, 4) is 0 Å². The quantitative estimate of drug-likeness (QED) is 0.578. The third-order valence-electron chi connectivity index (χ3n) is 2.91. The summed E-state index contributed by atoms with van der Waals surface area (Å²) in [5.41, 5.74) is 0.660. The van der Waals surface area contributed by atoms with Gasteiger partial charge in [-0.1, -0.05) is 13.0 Å². The molecule has 0 aromatic carbocycles. The highest BCUT2D eigenvalue weighted by Gasteiger charge is 2.17. The van der Waals surface area contributed by atoms with Crippen molar-refractivity contribution in [1.29, 1.82) is 0 Å². The first kappa shape index (κ1) is 15.6. The Labute approximate surface area is 115 Å². The van der Waals surface area contributed by atoms with Gasteiger partial charge in [-0.15, -0.1) is 6.58 Å². The van der Waals surface area contributed by atoms with E-state index < -0.39 is 0 Å². The fourth-order valence-electron chi connectivity index (χ4n) is 1.89. The van der Waals surface area contributed by atoms with E-state index in [4.69, 9.17) is 0 Å². The topological polar surface area (TPSA) is 28.2 Å². The average Bonchev–Trinajstić information content (AvgIpc) is 2.38. The van der Waals surface area contributed by atoms with Gasteiger partial charge in [0.15, 0.2) is 11.6 Å². The number of hydrogen-bond donors (Lipinski definition) is 1. The fraction of sp³-hybridized carbons (Fsp3) is 0.533. The Kier molecular flexibility index (Phi) is 6.50. The number of halogens is 1. The highest BCUT2D eigenvalue weighted by atomic mass is 19.1. The highest BCUT2D eigenvalue weighted by Crippen LogP contribution is 2.21. The zero-order valence-electron chi connectivity index (χ0n) is 12.1. The zero-order chi connectivity index (χ0) is 14.3. The van der Waals surface area contributed by atoms with Crippen LogP contribution in [0.4, 0.5) is 10.2 Å². The van der Waals surface area contributed by atoms with E-state index in [0.717, 1.165) is 13.0 Å². The lowest BCUT2D eigenvalue weighted by molar-refractivity contribution is 0.568. The number of nitrogens with zero attached hydrogens (tertiary/aromatic N) is 2. The molecule has 19 heavy (non-hydrogen) atoms. The summed E-state index contributed by atoms with van der Waals surface area (Å²) in [6, 6.07) is 1.91. The maximum absolute atomic E-state index is 14.5. The molecule has 0 saturated carbocycles. The third kappa shape index (κ3) is 4.31. The monoisotopic (exact) mass is 265 g/mol. The van der Waals surface area contributed by atoms with Crippen molar-refractivity contribution >= 4 is 5.82 Å². The lowest BCUT2D eigenvalue weighted by atomic mass is 10.2. The molecule has 1 rings (SSSR count). The molecule has 0 spiro atoms. The summed E-state index contributed by atoms with van der Waals surface area (Å²) in [6.07, 6.45) is 4.47. The minimum Gasteiger partial charge on any atom is -0.348 e. The first-order valence-corrected chi connectivity index (χ1v) is 6.83. The number of aromatic nitrogens is 1. The van der Waals surface area contributed by atoms with Crippen LogP contribution in [-0.4, -0.2) is 24.1 Å². The van der Waals surface area contributed by atoms with Crippen LogP contribution in [0.15, 0.2) is 24.9 Å². The molecule has 106 valence electrons. The van der Waals surface area contributed by atoms with E-state index in [1.165, 1.54) is 0 Å². The molecule has 0 aliphatic heterocycles. The van der Waals surface area contributed by atoms with E-state index in [2.05, 4.69) is 23.8 Å². The van der Waals surface area contributed by atoms with Gasteiger partial charge in [0.25, 0.3) is 0 Å². The Morgan fingerprint density at radius 3 is 2.84 bits per heavy atom. The molecule has 0 atom stereocenters. The maximum Gasteiger partial charge on any atom is 0.170 e. The van der Waals surface area contributed by atoms with E-state index in [9.17, 15) is 4.39 Å². The first-order chi connectivity index (χ1) is 9.11. The van der Waals surface area contributed by atoms with Crippen LogP contribution in [0.2, 0.25) is 0 Å². The lowest BCUT2D eigenvalue weighted by Gasteiger charge is -2.27. The molecule has 0 fully saturated rings. The molecule has 0 unspecified atom stereocenters. The number of pyridine rings is 1. The van der Waals surface area contributed by atoms with Gasteiger partial charge in [-0.2, -0.15) is 0 Å². The van der Waals surface area contributed by atoms with Gasteiger partial charge in [0.2, 0.25) is 0 Å². The van der Waals surface area contributed by atoms with Crippen LogP contribution in [0.25, 0.3) is 0 Å². The van der Waals surface area contributed by atoms with Crippen LogP contribution in [0.1, 0.15) is 32.8 Å². The van der Waals surface area contributed by atoms with Gasteiger partial charge in [0.1, 0.15) is 0 Å². The van der Waals surface area contributed by atoms with Crippen molar-refractivity contribution in [2.75, 3.05) is 18.0 Å². The summed E-state index contributed by atoms with van der Waals surface area (Å²) in [4.78, 5) is 6.09. The molecule has 0 bridgehead atoms. The lowest BCUT2D eigenvalue weighted by Crippen LogP contribution is -2.32. The molecule has 0 radical (unpaired) electrons. The second-order valence-electron chi connectivity index (χ2n) is 4.82. The molecule has 1 aromatic heterocycles. The van der Waals surface area contributed by atoms with E-state index in [1.54, 1.807) is 18.3 Å². The van der Waals surface area contributed by atoms with Gasteiger partial charge in [-0.05, 0) is 32.9 Å². The SMILES string of the molecule is C=CCN(c1nccc(CNCCC)c1F)C(C)C. The first-order valence-electron chi connectivity index (χ1n) is 6.83. The van der Waals surface area contributed by atoms with Crippen LogP contribution in [-0.2, 0) is 6.54 Å². The van der Waals surface area contributed by atoms with Crippen molar-refractivity contribution in [3.63, 3.8) is 0 Å². The third-order valence-corrected chi connectivity index (χ3v) is 2.91. The molecule has 4 heteroatoms. The molecular formula is C15H24FN3. The number of nitrogens with one attached hydrogen (secondary N) is 1. The molecule has 0 amide bonds. The van der Waals surface area contributed by atoms with Crippen LogP contribution in [0.5, 0.6) is 0 Å². The summed E-state index contributed by atoms with van der Waals surface area (Å²) in [5, 5.41) is 3.21. The number of anilines is 1. The van der Waals surface area contributed by atoms with Crippen LogP contribution in [0.3, 0.4) is 0 Å². The van der Waals surface area contributed by atoms with Crippen LogP contribution >= 0.6 is 0 Å². The summed E-state index contributed by atoms with van der Waals surface area (Å²) < 4.78 is 14.5. The van der Waals surface area contributed by atoms with E-state index >= 15 is 0 Å². The van der Waals surface area contributed by atoms with Gasteiger partial charge in [0, 0.05) is 30.9 Å². The normalized spacial score (nSPS) is 10.8. The highest BCUT2D eigenvalue weighted by molar-refractivity contribution is 5.44. The van der Waals surface area contributed by atoms with Gasteiger partial charge in [-0.25, -0.2) is 9.37 Å². The molecule has 3 nitrogen and oxygen atoms in total. The van der Waals surface area contributed by atoms with Crippen LogP contribution < -0.4 is 10.2 Å². The second kappa shape index (κ2) is 7.89. The van der Waals surface area contributed by atoms with Gasteiger partial charge >= 0.3 is 0 Å². The molecule has 1 N–H and O–H groups in total. The molecular weight excluding hydrogens is 241 g/mol. The van der Waals surface area contributed by atoms with E-state index in [1.807, 2.05) is 18.7 Å². The zero-order valence-corrected chi connectivity index (χ0v) is 12.1. The van der Waals surface area contributed by atoms with Crippen LogP contribution in [0, 0.1) is 5.82 Å². The summed E-state index contributed by atoms with van der Waals surface area (Å²) in [6.45, 7) is 11.9. The minimum absolute atomic E-state index is 0.179. The van der Waals surface area contributed by atoms with Crippen molar-refractivity contribution in [3.05, 3.63) is 36.3 Å². The molecule has 0 aliphatic carbocycles. The van der Waals surface area contributed by atoms with Crippen molar-refractivity contribution in [2.24, 2.45) is 0 Å². The maximum atomic E-state index is 14.5. The van der Waals surface area contributed by atoms with E-state index in [0.29, 0.717) is 24.5 Å². The average molecular weight is 265 g/mol. The van der Waals surface area contributed by atoms with Gasteiger partial charge in [0.05, 0.1) is 0 Å². The smallest absolute Gasteiger partial charge is 0.170 e. The van der Waals surface area contributed by atoms with Crippen molar-refractivity contribution in [1.82, 2.24) is 10.3 Å². The molecule has 0 aliphatic rings. The van der Waals surface area contributed by atoms with Gasteiger partial charge in [-0.3, -0.25) is 0 Å². The standard InChI is InChI=1S/C15H24FN3/c1-5-8-17-11-13-7-9-18-15(14(13)16)19(10-6-2)12(3)4/h6-7,9,12,17H,2,5,8,10-11H2,1,3-4H3. The van der Waals surface area contributed by atoms with Crippen molar-refractivity contribution in [2.45, 2.75) is 39.8 Å². The predicted molar refractivity (Wildman–Crippen MR) is 78.9 cm³/mol. The van der Waals surface area contributed by atoms with E-state index in [-0.39, 0.29) is 11.9 Å². The Morgan fingerprint density at radius 2 is 2.26 bits per heavy atom. The largest absolute Gasteiger partial charge is 0.348 e. The summed E-state index contributed by atoms with van der Waals surface area (Å²) in [7, 11) is 0. The molecule has 1 aromatic rings. The Bertz CT molecular complexity index is 404. The Balaban J connectivity index is 2.94. The number of hydrogen-bond acceptors (Lipinski definition) is 3. The Hall–Kier alpha value is -1.42. The van der Waals surface area contributed by atoms with Gasteiger partial charge < -0.3 is 10.2 Å². The molecule has 1 heterocycles. The van der Waals surface area contributed by atoms with Crippen molar-refractivity contribution < 1.29 is 4.39 Å². The summed E-state index contributed by atoms with van der Waals surface area (Å²) >= 11 is 0. The fourth-order valence-corrected chi connectivity index (χ4v) is 1.89. The Morgan fingerprint density at radius 1 is 1.53 bits per heavy atom. The predicted octanol–water partition coefficient (Wildman–Crippen LogP) is 3.12.